The lowest BCUT2D eigenvalue weighted by Gasteiger charge is -2.15. The molecular weight excluding hydrogens is 149 g/mol. The molecule has 0 unspecified atom stereocenters. The van der Waals surface area contributed by atoms with Gasteiger partial charge >= 0.3 is 0 Å². The molecule has 0 aromatic rings. The molecule has 0 atom stereocenters. The van der Waals surface area contributed by atoms with E-state index in [0.29, 0.717) is 0 Å². The quantitative estimate of drug-likeness (QED) is 0.368. The summed E-state index contributed by atoms with van der Waals surface area (Å²) in [6.07, 6.45) is 1.20. The summed E-state index contributed by atoms with van der Waals surface area (Å²) >= 11 is 0. The van der Waals surface area contributed by atoms with Crippen molar-refractivity contribution in [2.75, 3.05) is 46.7 Å². The van der Waals surface area contributed by atoms with Crippen LogP contribution in [0, 0.1) is 0 Å². The van der Waals surface area contributed by atoms with Gasteiger partial charge in [-0.1, -0.05) is 6.82 Å². The topological polar surface area (TPSA) is 27.3 Å². The summed E-state index contributed by atoms with van der Waals surface area (Å²) in [4.78, 5) is 2.35. The highest BCUT2D eigenvalue weighted by Gasteiger charge is 1.94. The smallest absolute Gasteiger partial charge is 0.135 e. The zero-order valence-corrected chi connectivity index (χ0v) is 8.69. The normalized spacial score (nSPS) is 10.7. The van der Waals surface area contributed by atoms with E-state index < -0.39 is 0 Å². The fourth-order valence-corrected chi connectivity index (χ4v) is 1.10. The van der Waals surface area contributed by atoms with Gasteiger partial charge in [0.1, 0.15) is 7.28 Å². The number of nitrogens with zero attached hydrogens (tertiary/aromatic N) is 1. The van der Waals surface area contributed by atoms with Crippen molar-refractivity contribution in [2.45, 2.75) is 6.82 Å². The summed E-state index contributed by atoms with van der Waals surface area (Å²) in [6.45, 7) is 6.58. The van der Waals surface area contributed by atoms with E-state index in [0.717, 1.165) is 26.2 Å². The maximum atomic E-state index is 3.37. The zero-order valence-electron chi connectivity index (χ0n) is 8.69. The van der Waals surface area contributed by atoms with Gasteiger partial charge in [0.15, 0.2) is 0 Å². The Balaban J connectivity index is 2.97. The van der Waals surface area contributed by atoms with E-state index in [1.165, 1.54) is 13.7 Å². The highest BCUT2D eigenvalue weighted by atomic mass is 15.1. The molecule has 0 spiro atoms. The lowest BCUT2D eigenvalue weighted by atomic mass is 9.82. The molecule has 0 aromatic heterocycles. The third kappa shape index (κ3) is 8.05. The summed E-state index contributed by atoms with van der Waals surface area (Å²) in [7, 11) is 5.39. The van der Waals surface area contributed by atoms with Crippen molar-refractivity contribution in [2.24, 2.45) is 0 Å². The average Bonchev–Trinajstić information content (AvgIpc) is 2.05. The molecule has 2 N–H and O–H groups in total. The Labute approximate surface area is 77.1 Å². The van der Waals surface area contributed by atoms with Crippen LogP contribution in [-0.2, 0) is 0 Å². The van der Waals surface area contributed by atoms with Crippen LogP contribution in [0.4, 0.5) is 0 Å². The lowest BCUT2D eigenvalue weighted by Crippen LogP contribution is -2.34. The minimum Gasteiger partial charge on any atom is -0.318 e. The van der Waals surface area contributed by atoms with Gasteiger partial charge in [-0.05, 0) is 20.5 Å². The first-order valence-corrected chi connectivity index (χ1v) is 4.85. The van der Waals surface area contributed by atoms with Gasteiger partial charge in [-0.15, -0.1) is 0 Å². The minimum absolute atomic E-state index is 1.05. The van der Waals surface area contributed by atoms with Crippen molar-refractivity contribution in [1.29, 1.82) is 0 Å². The van der Waals surface area contributed by atoms with E-state index in [4.69, 9.17) is 0 Å². The van der Waals surface area contributed by atoms with E-state index in [1.807, 2.05) is 7.05 Å². The molecule has 0 rings (SSSR count). The summed E-state index contributed by atoms with van der Waals surface area (Å²) < 4.78 is 0. The van der Waals surface area contributed by atoms with Crippen molar-refractivity contribution in [1.82, 2.24) is 15.5 Å². The second-order valence-electron chi connectivity index (χ2n) is 3.16. The van der Waals surface area contributed by atoms with Crippen LogP contribution in [0.1, 0.15) is 0 Å². The number of hydrogen-bond donors (Lipinski definition) is 2. The van der Waals surface area contributed by atoms with Gasteiger partial charge in [0, 0.05) is 26.2 Å². The molecule has 0 heterocycles. The van der Waals surface area contributed by atoms with Crippen LogP contribution in [0.5, 0.6) is 0 Å². The Hall–Kier alpha value is -0.0551. The molecule has 0 aliphatic carbocycles. The van der Waals surface area contributed by atoms with Crippen LogP contribution in [0.2, 0.25) is 6.82 Å². The molecule has 0 fully saturated rings. The zero-order chi connectivity index (χ0) is 9.23. The second-order valence-corrected chi connectivity index (χ2v) is 3.16. The predicted octanol–water partition coefficient (Wildman–Crippen LogP) is -0.831. The van der Waals surface area contributed by atoms with E-state index in [-0.39, 0.29) is 0 Å². The Kier molecular flexibility index (Phi) is 8.99. The molecule has 0 saturated carbocycles. The summed E-state index contributed by atoms with van der Waals surface area (Å²) in [5, 5.41) is 6.48. The molecule has 0 amide bonds. The van der Waals surface area contributed by atoms with Gasteiger partial charge < -0.3 is 15.5 Å². The van der Waals surface area contributed by atoms with E-state index in [2.05, 4.69) is 29.4 Å². The van der Waals surface area contributed by atoms with Crippen molar-refractivity contribution in [3.05, 3.63) is 0 Å². The van der Waals surface area contributed by atoms with Crippen LogP contribution >= 0.6 is 0 Å². The van der Waals surface area contributed by atoms with E-state index >= 15 is 0 Å². The van der Waals surface area contributed by atoms with E-state index in [9.17, 15) is 0 Å². The number of likely N-dealkylation sites (N-methyl/N-ethyl adjacent to an activating group) is 2. The molecule has 3 nitrogen and oxygen atoms in total. The molecule has 0 aromatic carbocycles. The Bertz CT molecular complexity index is 90.4. The van der Waals surface area contributed by atoms with Crippen molar-refractivity contribution < 1.29 is 0 Å². The van der Waals surface area contributed by atoms with Gasteiger partial charge in [0.05, 0.1) is 0 Å². The lowest BCUT2D eigenvalue weighted by molar-refractivity contribution is 0.381. The van der Waals surface area contributed by atoms with Gasteiger partial charge in [-0.2, -0.15) is 0 Å². The molecule has 0 aliphatic rings. The minimum atomic E-state index is 1.05. The molecule has 4 heteroatoms. The third-order valence-corrected chi connectivity index (χ3v) is 1.83. The van der Waals surface area contributed by atoms with Crippen LogP contribution in [-0.4, -0.2) is 58.9 Å². The molecule has 72 valence electrons. The van der Waals surface area contributed by atoms with Crippen LogP contribution in [0.3, 0.4) is 0 Å². The Morgan fingerprint density at radius 3 is 2.58 bits per heavy atom. The van der Waals surface area contributed by atoms with Gasteiger partial charge in [-0.3, -0.25) is 0 Å². The van der Waals surface area contributed by atoms with Crippen LogP contribution < -0.4 is 10.6 Å². The fraction of sp³-hybridized carbons (Fsp3) is 1.00. The number of hydrogen-bond acceptors (Lipinski definition) is 3. The summed E-state index contributed by atoms with van der Waals surface area (Å²) in [5.41, 5.74) is 0. The molecule has 0 radical (unpaired) electrons. The highest BCUT2D eigenvalue weighted by Crippen LogP contribution is 1.77. The average molecular weight is 171 g/mol. The Morgan fingerprint density at radius 2 is 2.00 bits per heavy atom. The molecule has 0 bridgehead atoms. The number of rotatable bonds is 8. The highest BCUT2D eigenvalue weighted by molar-refractivity contribution is 6.33. The SMILES string of the molecule is CBCN(C)CCNCCNC. The summed E-state index contributed by atoms with van der Waals surface area (Å²) in [6, 6.07) is 0. The first kappa shape index (κ1) is 11.9. The predicted molar refractivity (Wildman–Crippen MR) is 57.3 cm³/mol. The van der Waals surface area contributed by atoms with Gasteiger partial charge in [0.25, 0.3) is 0 Å². The molecule has 12 heavy (non-hydrogen) atoms. The Morgan fingerprint density at radius 1 is 1.25 bits per heavy atom. The molecule has 0 aliphatic heterocycles. The largest absolute Gasteiger partial charge is 0.318 e. The van der Waals surface area contributed by atoms with E-state index in [1.54, 1.807) is 0 Å². The maximum Gasteiger partial charge on any atom is 0.135 e. The molecule has 0 saturated heterocycles. The van der Waals surface area contributed by atoms with Crippen LogP contribution in [0.25, 0.3) is 0 Å². The monoisotopic (exact) mass is 171 g/mol. The van der Waals surface area contributed by atoms with Gasteiger partial charge in [-0.25, -0.2) is 0 Å². The van der Waals surface area contributed by atoms with Crippen molar-refractivity contribution >= 4 is 7.28 Å². The maximum absolute atomic E-state index is 3.37. The van der Waals surface area contributed by atoms with Crippen LogP contribution in [0.15, 0.2) is 0 Å². The molecular formula is C8H22BN3. The standard InChI is InChI=1S/C8H22BN3/c1-9-8-12(3)7-6-11-5-4-10-2/h9-11H,4-8H2,1-3H3. The summed E-state index contributed by atoms with van der Waals surface area (Å²) in [5.74, 6) is 0. The number of nitrogens with one attached hydrogen (secondary N) is 2. The third-order valence-electron chi connectivity index (χ3n) is 1.83. The first-order chi connectivity index (χ1) is 5.81. The van der Waals surface area contributed by atoms with Gasteiger partial charge in [0.2, 0.25) is 0 Å². The van der Waals surface area contributed by atoms with Crippen molar-refractivity contribution in [3.8, 4) is 0 Å². The second kappa shape index (κ2) is 9.04. The fourth-order valence-electron chi connectivity index (χ4n) is 1.10. The van der Waals surface area contributed by atoms with Crippen molar-refractivity contribution in [3.63, 3.8) is 0 Å². The first-order valence-electron chi connectivity index (χ1n) is 4.85.